The highest BCUT2D eigenvalue weighted by Gasteiger charge is 2.20. The minimum atomic E-state index is -1.14. The molecule has 0 unspecified atom stereocenters. The Labute approximate surface area is 111 Å². The summed E-state index contributed by atoms with van der Waals surface area (Å²) in [7, 11) is 0. The summed E-state index contributed by atoms with van der Waals surface area (Å²) in [6.07, 6.45) is 3.11. The van der Waals surface area contributed by atoms with Crippen molar-refractivity contribution in [3.05, 3.63) is 42.5 Å². The Hall–Kier alpha value is -3.02. The highest BCUT2D eigenvalue weighted by atomic mass is 16.5. The summed E-state index contributed by atoms with van der Waals surface area (Å²) >= 11 is 0. The van der Waals surface area contributed by atoms with E-state index in [9.17, 15) is 4.79 Å². The summed E-state index contributed by atoms with van der Waals surface area (Å²) < 4.78 is 16.0. The van der Waals surface area contributed by atoms with Crippen LogP contribution in [-0.4, -0.2) is 16.2 Å². The average molecular weight is 269 g/mol. The maximum atomic E-state index is 10.9. The molecule has 0 aliphatic heterocycles. The molecule has 6 nitrogen and oxygen atoms in total. The lowest BCUT2D eigenvalue weighted by Crippen LogP contribution is -1.94. The number of carboxylic acids is 1. The van der Waals surface area contributed by atoms with Crippen molar-refractivity contribution < 1.29 is 23.3 Å². The van der Waals surface area contributed by atoms with Crippen LogP contribution < -0.4 is 0 Å². The first kappa shape index (κ1) is 10.9. The van der Waals surface area contributed by atoms with Gasteiger partial charge in [0.05, 0.1) is 18.1 Å². The van der Waals surface area contributed by atoms with E-state index in [0.717, 1.165) is 10.8 Å². The van der Waals surface area contributed by atoms with Gasteiger partial charge in [-0.3, -0.25) is 0 Å². The summed E-state index contributed by atoms with van der Waals surface area (Å²) in [5.74, 6) is -0.815. The molecule has 3 aromatic heterocycles. The predicted octanol–water partition coefficient (Wildman–Crippen LogP) is 3.53. The lowest BCUT2D eigenvalue weighted by atomic mass is 10.0. The third-order valence-electron chi connectivity index (χ3n) is 3.15. The molecule has 0 radical (unpaired) electrons. The second-order valence-corrected chi connectivity index (χ2v) is 4.30. The standard InChI is InChI=1S/C14H7NO5/c16-14(17)9-6-11(20-15-9)12-8-2-4-18-10(8)5-7-1-3-19-13(7)12/h1-6H,(H,16,17). The van der Waals surface area contributed by atoms with E-state index in [4.69, 9.17) is 18.5 Å². The molecule has 1 N–H and O–H groups in total. The van der Waals surface area contributed by atoms with Crippen molar-refractivity contribution in [1.29, 1.82) is 0 Å². The van der Waals surface area contributed by atoms with Crippen molar-refractivity contribution in [3.63, 3.8) is 0 Å². The number of furan rings is 2. The fraction of sp³-hybridized carbons (Fsp3) is 0. The SMILES string of the molecule is O=C(O)c1cc(-c2c3ccoc3cc3ccoc23)on1. The summed E-state index contributed by atoms with van der Waals surface area (Å²) in [4.78, 5) is 10.9. The molecule has 0 atom stereocenters. The molecular formula is C14H7NO5. The van der Waals surface area contributed by atoms with E-state index in [1.165, 1.54) is 6.07 Å². The van der Waals surface area contributed by atoms with E-state index in [1.807, 2.05) is 6.07 Å². The van der Waals surface area contributed by atoms with Crippen LogP contribution in [0, 0.1) is 0 Å². The van der Waals surface area contributed by atoms with E-state index < -0.39 is 5.97 Å². The van der Waals surface area contributed by atoms with Gasteiger partial charge in [-0.2, -0.15) is 0 Å². The number of hydrogen-bond donors (Lipinski definition) is 1. The molecule has 20 heavy (non-hydrogen) atoms. The third kappa shape index (κ3) is 1.38. The molecule has 0 fully saturated rings. The van der Waals surface area contributed by atoms with Crippen molar-refractivity contribution in [2.24, 2.45) is 0 Å². The Morgan fingerprint density at radius 2 is 2.00 bits per heavy atom. The van der Waals surface area contributed by atoms with Crippen LogP contribution in [0.25, 0.3) is 33.3 Å². The predicted molar refractivity (Wildman–Crippen MR) is 68.4 cm³/mol. The van der Waals surface area contributed by atoms with E-state index in [0.29, 0.717) is 22.5 Å². The Kier molecular flexibility index (Phi) is 2.03. The molecule has 0 aliphatic carbocycles. The second kappa shape index (κ2) is 3.74. The lowest BCUT2D eigenvalue weighted by Gasteiger charge is -1.99. The summed E-state index contributed by atoms with van der Waals surface area (Å²) in [6.45, 7) is 0. The van der Waals surface area contributed by atoms with Crippen LogP contribution >= 0.6 is 0 Å². The van der Waals surface area contributed by atoms with Gasteiger partial charge in [0.25, 0.3) is 0 Å². The first-order valence-electron chi connectivity index (χ1n) is 5.82. The number of rotatable bonds is 2. The summed E-state index contributed by atoms with van der Waals surface area (Å²) in [6, 6.07) is 6.79. The van der Waals surface area contributed by atoms with Crippen LogP contribution in [0.1, 0.15) is 10.5 Å². The molecule has 6 heteroatoms. The van der Waals surface area contributed by atoms with Gasteiger partial charge in [0.15, 0.2) is 11.5 Å². The molecule has 0 spiro atoms. The highest BCUT2D eigenvalue weighted by Crippen LogP contribution is 2.37. The fourth-order valence-corrected chi connectivity index (χ4v) is 2.28. The molecule has 4 aromatic rings. The van der Waals surface area contributed by atoms with Crippen molar-refractivity contribution in [2.75, 3.05) is 0 Å². The normalized spacial score (nSPS) is 11.4. The smallest absolute Gasteiger partial charge is 0.358 e. The fourth-order valence-electron chi connectivity index (χ4n) is 2.28. The Balaban J connectivity index is 2.10. The minimum Gasteiger partial charge on any atom is -0.476 e. The Morgan fingerprint density at radius 1 is 1.15 bits per heavy atom. The number of aromatic nitrogens is 1. The lowest BCUT2D eigenvalue weighted by molar-refractivity contribution is 0.0686. The molecule has 3 heterocycles. The number of benzene rings is 1. The molecular weight excluding hydrogens is 262 g/mol. The van der Waals surface area contributed by atoms with Crippen molar-refractivity contribution in [2.45, 2.75) is 0 Å². The van der Waals surface area contributed by atoms with Crippen LogP contribution in [0.5, 0.6) is 0 Å². The van der Waals surface area contributed by atoms with E-state index in [2.05, 4.69) is 5.16 Å². The molecule has 0 saturated heterocycles. The zero-order valence-corrected chi connectivity index (χ0v) is 9.99. The number of carboxylic acid groups (broad SMARTS) is 1. The summed E-state index contributed by atoms with van der Waals surface area (Å²) in [5, 5.41) is 14.1. The maximum Gasteiger partial charge on any atom is 0.358 e. The average Bonchev–Trinajstić information content (AvgIpc) is 3.15. The second-order valence-electron chi connectivity index (χ2n) is 4.30. The molecule has 0 bridgehead atoms. The van der Waals surface area contributed by atoms with E-state index >= 15 is 0 Å². The minimum absolute atomic E-state index is 0.153. The number of carbonyl (C=O) groups is 1. The first-order valence-corrected chi connectivity index (χ1v) is 5.82. The van der Waals surface area contributed by atoms with Gasteiger partial charge in [0, 0.05) is 16.8 Å². The Bertz CT molecular complexity index is 894. The third-order valence-corrected chi connectivity index (χ3v) is 3.15. The van der Waals surface area contributed by atoms with Crippen molar-refractivity contribution in [1.82, 2.24) is 5.16 Å². The van der Waals surface area contributed by atoms with Gasteiger partial charge in [-0.15, -0.1) is 0 Å². The van der Waals surface area contributed by atoms with Gasteiger partial charge < -0.3 is 18.5 Å². The van der Waals surface area contributed by atoms with Gasteiger partial charge in [0.2, 0.25) is 0 Å². The molecule has 1 aromatic carbocycles. The zero-order chi connectivity index (χ0) is 13.7. The zero-order valence-electron chi connectivity index (χ0n) is 9.99. The molecule has 98 valence electrons. The largest absolute Gasteiger partial charge is 0.476 e. The van der Waals surface area contributed by atoms with Gasteiger partial charge in [-0.1, -0.05) is 5.16 Å². The molecule has 0 saturated carbocycles. The van der Waals surface area contributed by atoms with Crippen LogP contribution in [-0.2, 0) is 0 Å². The molecule has 0 amide bonds. The monoisotopic (exact) mass is 269 g/mol. The van der Waals surface area contributed by atoms with Gasteiger partial charge in [0.1, 0.15) is 11.2 Å². The number of fused-ring (bicyclic) bond motifs is 2. The Morgan fingerprint density at radius 3 is 2.80 bits per heavy atom. The quantitative estimate of drug-likeness (QED) is 0.598. The van der Waals surface area contributed by atoms with E-state index in [-0.39, 0.29) is 5.69 Å². The van der Waals surface area contributed by atoms with E-state index in [1.54, 1.807) is 24.7 Å². The number of hydrogen-bond acceptors (Lipinski definition) is 5. The van der Waals surface area contributed by atoms with Gasteiger partial charge in [-0.25, -0.2) is 4.79 Å². The molecule has 0 aliphatic rings. The topological polar surface area (TPSA) is 89.6 Å². The highest BCUT2D eigenvalue weighted by molar-refractivity contribution is 6.08. The van der Waals surface area contributed by atoms with Crippen LogP contribution in [0.2, 0.25) is 0 Å². The van der Waals surface area contributed by atoms with Gasteiger partial charge in [-0.05, 0) is 18.2 Å². The molecule has 4 rings (SSSR count). The van der Waals surface area contributed by atoms with Crippen molar-refractivity contribution in [3.8, 4) is 11.3 Å². The van der Waals surface area contributed by atoms with Crippen LogP contribution in [0.3, 0.4) is 0 Å². The maximum absolute atomic E-state index is 10.9. The summed E-state index contributed by atoms with van der Waals surface area (Å²) in [5.41, 5.74) is 1.76. The van der Waals surface area contributed by atoms with Crippen LogP contribution in [0.4, 0.5) is 0 Å². The number of nitrogens with zero attached hydrogens (tertiary/aromatic N) is 1. The van der Waals surface area contributed by atoms with Crippen LogP contribution in [0.15, 0.2) is 50.1 Å². The van der Waals surface area contributed by atoms with Crippen molar-refractivity contribution >= 4 is 27.9 Å². The first-order chi connectivity index (χ1) is 9.74. The van der Waals surface area contributed by atoms with Gasteiger partial charge >= 0.3 is 5.97 Å². The number of aromatic carboxylic acids is 1.